The van der Waals surface area contributed by atoms with Gasteiger partial charge in [0.1, 0.15) is 5.82 Å². The second-order valence-corrected chi connectivity index (χ2v) is 8.52. The van der Waals surface area contributed by atoms with Gasteiger partial charge in [0.05, 0.1) is 16.3 Å². The van der Waals surface area contributed by atoms with Crippen LogP contribution in [0.3, 0.4) is 0 Å². The number of rotatable bonds is 4. The Morgan fingerprint density at radius 3 is 2.84 bits per heavy atom. The predicted octanol–water partition coefficient (Wildman–Crippen LogP) is 5.37. The van der Waals surface area contributed by atoms with Crippen molar-refractivity contribution in [3.63, 3.8) is 0 Å². The van der Waals surface area contributed by atoms with Gasteiger partial charge in [-0.25, -0.2) is 4.98 Å². The van der Waals surface area contributed by atoms with Crippen LogP contribution in [0.2, 0.25) is 0 Å². The number of nitrogens with zero attached hydrogens (tertiary/aromatic N) is 2. The van der Waals surface area contributed by atoms with Gasteiger partial charge < -0.3 is 9.88 Å². The quantitative estimate of drug-likeness (QED) is 0.623. The third-order valence-corrected chi connectivity index (χ3v) is 6.35. The monoisotopic (exact) mass is 413 g/mol. The summed E-state index contributed by atoms with van der Waals surface area (Å²) in [5.41, 5.74) is 3.38. The smallest absolute Gasteiger partial charge is 0.125 e. The van der Waals surface area contributed by atoms with Crippen LogP contribution in [-0.2, 0) is 0 Å². The molecule has 0 amide bonds. The lowest BCUT2D eigenvalue weighted by Crippen LogP contribution is -2.23. The summed E-state index contributed by atoms with van der Waals surface area (Å²) in [6.45, 7) is 2.14. The summed E-state index contributed by atoms with van der Waals surface area (Å²) in [5.74, 6) is 1.02. The lowest BCUT2D eigenvalue weighted by molar-refractivity contribution is 0.364. The van der Waals surface area contributed by atoms with Crippen molar-refractivity contribution in [1.82, 2.24) is 14.9 Å². The SMILES string of the molecule is CN1CC=C(SC(c2cccc(Br)c2)c2nc3ccccc3[nH]2)CC1. The van der Waals surface area contributed by atoms with Crippen LogP contribution in [0.15, 0.2) is 64.0 Å². The standard InChI is InChI=1S/C20H20BrN3S/c1-24-11-9-16(10-12-24)25-19(14-5-4-6-15(21)13-14)20-22-17-7-2-3-8-18(17)23-20/h2-9,13,19H,10-12H2,1H3,(H,22,23). The summed E-state index contributed by atoms with van der Waals surface area (Å²) in [6, 6.07) is 16.8. The Morgan fingerprint density at radius 1 is 1.20 bits per heavy atom. The van der Waals surface area contributed by atoms with Crippen molar-refractivity contribution in [3.05, 3.63) is 75.4 Å². The second-order valence-electron chi connectivity index (χ2n) is 6.37. The molecule has 1 unspecified atom stereocenters. The summed E-state index contributed by atoms with van der Waals surface area (Å²) in [7, 11) is 2.17. The molecule has 5 heteroatoms. The zero-order valence-electron chi connectivity index (χ0n) is 14.1. The molecule has 1 atom stereocenters. The normalized spacial score (nSPS) is 16.8. The molecule has 1 aromatic heterocycles. The van der Waals surface area contributed by atoms with Gasteiger partial charge in [-0.1, -0.05) is 46.3 Å². The van der Waals surface area contributed by atoms with E-state index in [9.17, 15) is 0 Å². The van der Waals surface area contributed by atoms with Gasteiger partial charge in [0.2, 0.25) is 0 Å². The summed E-state index contributed by atoms with van der Waals surface area (Å²) in [6.07, 6.45) is 3.45. The van der Waals surface area contributed by atoms with E-state index >= 15 is 0 Å². The summed E-state index contributed by atoms with van der Waals surface area (Å²) in [5, 5.41) is 0.166. The van der Waals surface area contributed by atoms with Gasteiger partial charge in [-0.05, 0) is 48.2 Å². The van der Waals surface area contributed by atoms with Gasteiger partial charge in [-0.3, -0.25) is 0 Å². The number of hydrogen-bond acceptors (Lipinski definition) is 3. The Kier molecular flexibility index (Phi) is 4.97. The van der Waals surface area contributed by atoms with E-state index in [2.05, 4.69) is 75.3 Å². The molecule has 2 heterocycles. The number of thioether (sulfide) groups is 1. The number of aromatic nitrogens is 2. The van der Waals surface area contributed by atoms with Crippen molar-refractivity contribution in [3.8, 4) is 0 Å². The molecule has 4 rings (SSSR count). The first-order chi connectivity index (χ1) is 12.2. The van der Waals surface area contributed by atoms with E-state index < -0.39 is 0 Å². The molecule has 0 saturated heterocycles. The van der Waals surface area contributed by atoms with Gasteiger partial charge in [0.15, 0.2) is 0 Å². The lowest BCUT2D eigenvalue weighted by atomic mass is 10.1. The van der Waals surface area contributed by atoms with Crippen LogP contribution in [0.5, 0.6) is 0 Å². The minimum Gasteiger partial charge on any atom is -0.341 e. The molecule has 1 aliphatic rings. The Labute approximate surface area is 160 Å². The van der Waals surface area contributed by atoms with Crippen LogP contribution < -0.4 is 0 Å². The molecule has 0 aliphatic carbocycles. The van der Waals surface area contributed by atoms with E-state index in [0.29, 0.717) is 0 Å². The average Bonchev–Trinajstić information content (AvgIpc) is 3.05. The first-order valence-corrected chi connectivity index (χ1v) is 10.1. The fourth-order valence-electron chi connectivity index (χ4n) is 3.06. The van der Waals surface area contributed by atoms with Crippen LogP contribution in [-0.4, -0.2) is 35.0 Å². The van der Waals surface area contributed by atoms with Crippen molar-refractivity contribution in [1.29, 1.82) is 0 Å². The number of fused-ring (bicyclic) bond motifs is 1. The first kappa shape index (κ1) is 16.9. The van der Waals surface area contributed by atoms with E-state index in [1.165, 1.54) is 10.5 Å². The molecule has 2 aromatic carbocycles. The molecule has 128 valence electrons. The zero-order chi connectivity index (χ0) is 17.2. The van der Waals surface area contributed by atoms with E-state index in [0.717, 1.165) is 40.8 Å². The maximum absolute atomic E-state index is 4.87. The number of benzene rings is 2. The van der Waals surface area contributed by atoms with E-state index in [4.69, 9.17) is 4.98 Å². The largest absolute Gasteiger partial charge is 0.341 e. The van der Waals surface area contributed by atoms with Crippen molar-refractivity contribution in [2.24, 2.45) is 0 Å². The van der Waals surface area contributed by atoms with Crippen LogP contribution in [0.4, 0.5) is 0 Å². The molecule has 25 heavy (non-hydrogen) atoms. The number of imidazole rings is 1. The maximum atomic E-state index is 4.87. The van der Waals surface area contributed by atoms with Crippen LogP contribution in [0, 0.1) is 0 Å². The maximum Gasteiger partial charge on any atom is 0.125 e. The number of halogens is 1. The summed E-state index contributed by atoms with van der Waals surface area (Å²) in [4.78, 5) is 12.2. The molecule has 0 fully saturated rings. The van der Waals surface area contributed by atoms with E-state index in [1.54, 1.807) is 0 Å². The Hall–Kier alpha value is -1.56. The number of hydrogen-bond donors (Lipinski definition) is 1. The number of aromatic amines is 1. The minimum atomic E-state index is 0.166. The Bertz CT molecular complexity index is 885. The minimum absolute atomic E-state index is 0.166. The number of nitrogens with one attached hydrogen (secondary N) is 1. The van der Waals surface area contributed by atoms with Crippen molar-refractivity contribution >= 4 is 38.7 Å². The summed E-state index contributed by atoms with van der Waals surface area (Å²) >= 11 is 5.53. The predicted molar refractivity (Wildman–Crippen MR) is 110 cm³/mol. The van der Waals surface area contributed by atoms with Crippen LogP contribution in [0.1, 0.15) is 23.1 Å². The Morgan fingerprint density at radius 2 is 2.08 bits per heavy atom. The van der Waals surface area contributed by atoms with E-state index in [1.807, 2.05) is 23.9 Å². The van der Waals surface area contributed by atoms with Crippen molar-refractivity contribution < 1.29 is 0 Å². The van der Waals surface area contributed by atoms with Gasteiger partial charge >= 0.3 is 0 Å². The van der Waals surface area contributed by atoms with Gasteiger partial charge in [0, 0.05) is 17.6 Å². The highest BCUT2D eigenvalue weighted by Gasteiger charge is 2.22. The molecule has 1 N–H and O–H groups in total. The first-order valence-electron chi connectivity index (χ1n) is 8.43. The van der Waals surface area contributed by atoms with Crippen molar-refractivity contribution in [2.75, 3.05) is 20.1 Å². The molecular formula is C20H20BrN3S. The molecule has 0 spiro atoms. The molecule has 1 aliphatic heterocycles. The molecule has 0 bridgehead atoms. The Balaban J connectivity index is 1.72. The highest BCUT2D eigenvalue weighted by Crippen LogP contribution is 2.41. The van der Waals surface area contributed by atoms with Gasteiger partial charge in [0.25, 0.3) is 0 Å². The molecule has 0 saturated carbocycles. The molecule has 3 nitrogen and oxygen atoms in total. The van der Waals surface area contributed by atoms with Crippen molar-refractivity contribution in [2.45, 2.75) is 11.7 Å². The van der Waals surface area contributed by atoms with Crippen LogP contribution >= 0.6 is 27.7 Å². The lowest BCUT2D eigenvalue weighted by Gasteiger charge is -2.24. The number of likely N-dealkylation sites (N-methyl/N-ethyl adjacent to an activating group) is 1. The van der Waals surface area contributed by atoms with Crippen LogP contribution in [0.25, 0.3) is 11.0 Å². The summed E-state index contributed by atoms with van der Waals surface area (Å²) < 4.78 is 1.10. The van der Waals surface area contributed by atoms with Gasteiger partial charge in [-0.15, -0.1) is 11.8 Å². The zero-order valence-corrected chi connectivity index (χ0v) is 16.5. The number of para-hydroxylation sites is 2. The highest BCUT2D eigenvalue weighted by molar-refractivity contribution is 9.10. The van der Waals surface area contributed by atoms with Gasteiger partial charge in [-0.2, -0.15) is 0 Å². The number of H-pyrrole nitrogens is 1. The molecule has 3 aromatic rings. The van der Waals surface area contributed by atoms with E-state index in [-0.39, 0.29) is 5.25 Å². The second kappa shape index (κ2) is 7.36. The fraction of sp³-hybridized carbons (Fsp3) is 0.250. The average molecular weight is 414 g/mol. The third-order valence-electron chi connectivity index (χ3n) is 4.45. The topological polar surface area (TPSA) is 31.9 Å². The molecular weight excluding hydrogens is 394 g/mol. The third kappa shape index (κ3) is 3.84. The fourth-order valence-corrected chi connectivity index (χ4v) is 4.66. The highest BCUT2D eigenvalue weighted by atomic mass is 79.9. The molecule has 0 radical (unpaired) electrons.